The highest BCUT2D eigenvalue weighted by Crippen LogP contribution is 1.67. The predicted molar refractivity (Wildman–Crippen MR) is 50.0 cm³/mol. The van der Waals surface area contributed by atoms with Crippen molar-refractivity contribution in [2.45, 2.75) is 0 Å². The Labute approximate surface area is 108 Å². The van der Waals surface area contributed by atoms with Crippen molar-refractivity contribution < 1.29 is 43.8 Å². The van der Waals surface area contributed by atoms with Crippen LogP contribution in [0.3, 0.4) is 0 Å². The Morgan fingerprint density at radius 1 is 0.462 bits per heavy atom. The molecule has 0 spiro atoms. The summed E-state index contributed by atoms with van der Waals surface area (Å²) in [6, 6.07) is 0. The van der Waals surface area contributed by atoms with E-state index in [2.05, 4.69) is 0 Å². The summed E-state index contributed by atoms with van der Waals surface area (Å²) in [6.07, 6.45) is 0. The minimum Gasteiger partial charge on any atom is -0.412 e. The van der Waals surface area contributed by atoms with E-state index in [9.17, 15) is 0 Å². The van der Waals surface area contributed by atoms with Gasteiger partial charge in [-0.1, -0.05) is 0 Å². The van der Waals surface area contributed by atoms with E-state index in [0.29, 0.717) is 0 Å². The van der Waals surface area contributed by atoms with Gasteiger partial charge in [0, 0.05) is 0 Å². The topological polar surface area (TPSA) is 193 Å². The molecule has 0 aliphatic rings. The average Bonchev–Trinajstić information content (AvgIpc) is 1.12. The van der Waals surface area contributed by atoms with Gasteiger partial charge in [0.2, 0.25) is 0 Å². The van der Waals surface area contributed by atoms with Crippen molar-refractivity contribution in [2.75, 3.05) is 0 Å². The maximum Gasteiger partial charge on any atom is 0.668 e. The maximum absolute atomic E-state index is 7.33. The predicted octanol–water partition coefficient (Wildman–Crippen LogP) is -7.87. The van der Waals surface area contributed by atoms with Gasteiger partial charge in [0.1, 0.15) is 0 Å². The standard InChI is InChI=1S/2Mg.2H4O4Si.H2O.4H/c;;2*1-5(2,3)4;;;;;/h;;2*1-4H;1H2;;;;. The summed E-state index contributed by atoms with van der Waals surface area (Å²) in [5, 5.41) is 0. The van der Waals surface area contributed by atoms with E-state index >= 15 is 0 Å². The average molecular weight is 263 g/mol. The van der Waals surface area contributed by atoms with Crippen LogP contribution in [0.4, 0.5) is 0 Å². The fraction of sp³-hybridized carbons (Fsp3) is 0. The van der Waals surface area contributed by atoms with Gasteiger partial charge in [-0.15, -0.1) is 0 Å². The molecule has 80 valence electrons. The van der Waals surface area contributed by atoms with Crippen molar-refractivity contribution >= 4 is 64.2 Å². The van der Waals surface area contributed by atoms with E-state index in [1.807, 2.05) is 0 Å². The van der Waals surface area contributed by atoms with Crippen LogP contribution in [-0.2, 0) is 0 Å². The first-order valence-corrected chi connectivity index (χ1v) is 5.37. The lowest BCUT2D eigenvalue weighted by Crippen LogP contribution is -2.33. The third kappa shape index (κ3) is 710. The molecule has 0 atom stereocenters. The largest absolute Gasteiger partial charge is 0.668 e. The molecule has 0 bridgehead atoms. The summed E-state index contributed by atoms with van der Waals surface area (Å²) in [5.74, 6) is 0. The van der Waals surface area contributed by atoms with Crippen molar-refractivity contribution in [1.82, 2.24) is 0 Å². The molecule has 0 rings (SSSR count). The summed E-state index contributed by atoms with van der Waals surface area (Å²) in [7, 11) is -9.22. The van der Waals surface area contributed by atoms with Gasteiger partial charge in [-0.2, -0.15) is 0 Å². The van der Waals surface area contributed by atoms with Crippen LogP contribution in [-0.4, -0.2) is 108 Å². The van der Waals surface area contributed by atoms with Gasteiger partial charge in [0.15, 0.2) is 0 Å². The number of rotatable bonds is 0. The fourth-order valence-corrected chi connectivity index (χ4v) is 0. The molecule has 0 amide bonds. The van der Waals surface area contributed by atoms with Crippen LogP contribution in [0.5, 0.6) is 0 Å². The second-order valence-electron chi connectivity index (χ2n) is 1.20. The lowest BCUT2D eigenvalue weighted by atomic mass is 15.7. The van der Waals surface area contributed by atoms with Gasteiger partial charge < -0.3 is 43.8 Å². The lowest BCUT2D eigenvalue weighted by molar-refractivity contribution is 0.115. The van der Waals surface area contributed by atoms with Crippen LogP contribution in [0.2, 0.25) is 0 Å². The van der Waals surface area contributed by atoms with Crippen LogP contribution in [0.25, 0.3) is 0 Å². The molecule has 0 saturated heterocycles. The molecule has 0 aromatic rings. The minimum absolute atomic E-state index is 0. The van der Waals surface area contributed by atoms with E-state index in [0.717, 1.165) is 0 Å². The molecule has 0 radical (unpaired) electrons. The van der Waals surface area contributed by atoms with Crippen LogP contribution >= 0.6 is 0 Å². The molecule has 13 heavy (non-hydrogen) atoms. The van der Waals surface area contributed by atoms with Gasteiger partial charge in [0.05, 0.1) is 0 Å². The van der Waals surface area contributed by atoms with E-state index in [-0.39, 0.29) is 51.6 Å². The molecule has 0 unspecified atom stereocenters. The van der Waals surface area contributed by atoms with Crippen LogP contribution in [0, 0.1) is 0 Å². The lowest BCUT2D eigenvalue weighted by Gasteiger charge is -1.91. The quantitative estimate of drug-likeness (QED) is 0.197. The van der Waals surface area contributed by atoms with Crippen LogP contribution in [0.15, 0.2) is 0 Å². The molecule has 9 nitrogen and oxygen atoms in total. The van der Waals surface area contributed by atoms with Gasteiger partial charge in [-0.05, 0) is 0 Å². The van der Waals surface area contributed by atoms with Crippen molar-refractivity contribution in [3.05, 3.63) is 0 Å². The summed E-state index contributed by atoms with van der Waals surface area (Å²) in [5.41, 5.74) is 0. The summed E-state index contributed by atoms with van der Waals surface area (Å²) >= 11 is 0. The van der Waals surface area contributed by atoms with E-state index in [4.69, 9.17) is 38.4 Å². The Bertz CT molecular complexity index is 58.6. The first-order chi connectivity index (χ1) is 4.00. The third-order valence-electron chi connectivity index (χ3n) is 0. The normalized spacial score (nSPS) is 9.23. The maximum atomic E-state index is 7.33. The second-order valence-corrected chi connectivity index (χ2v) is 3.60. The zero-order chi connectivity index (χ0) is 9.00. The molecule has 0 heterocycles. The highest BCUT2D eigenvalue weighted by molar-refractivity contribution is 6.47. The van der Waals surface area contributed by atoms with E-state index < -0.39 is 18.1 Å². The van der Waals surface area contributed by atoms with Gasteiger partial charge >= 0.3 is 64.2 Å². The molecule has 0 aliphatic heterocycles. The molecule has 0 aliphatic carbocycles. The zero-order valence-corrected chi connectivity index (χ0v) is 7.08. The summed E-state index contributed by atoms with van der Waals surface area (Å²) in [6.45, 7) is 0. The van der Waals surface area contributed by atoms with Crippen LogP contribution in [0.1, 0.15) is 0 Å². The van der Waals surface area contributed by atoms with Crippen LogP contribution < -0.4 is 0 Å². The smallest absolute Gasteiger partial charge is 0.412 e. The van der Waals surface area contributed by atoms with E-state index in [1.54, 1.807) is 0 Å². The Hall–Kier alpha value is 1.61. The first kappa shape index (κ1) is 29.3. The monoisotopic (exact) mass is 262 g/mol. The molecule has 0 aromatic carbocycles. The van der Waals surface area contributed by atoms with Gasteiger partial charge in [-0.25, -0.2) is 0 Å². The Balaban J connectivity index is -0.0000000267. The highest BCUT2D eigenvalue weighted by atomic mass is 28.4. The molecule has 0 fully saturated rings. The Morgan fingerprint density at radius 3 is 0.462 bits per heavy atom. The Morgan fingerprint density at radius 2 is 0.462 bits per heavy atom. The molecule has 13 heteroatoms. The molecular weight excluding hydrogens is 249 g/mol. The molecule has 10 N–H and O–H groups in total. The highest BCUT2D eigenvalue weighted by Gasteiger charge is 2.22. The Kier molecular flexibility index (Phi) is 26.3. The van der Waals surface area contributed by atoms with Crippen molar-refractivity contribution in [3.63, 3.8) is 0 Å². The SMILES string of the molecule is O.O[Si](O)(O)O.O[Si](O)(O)O.[MgH2].[MgH2]. The third-order valence-corrected chi connectivity index (χ3v) is 0. The van der Waals surface area contributed by atoms with Crippen molar-refractivity contribution in [2.24, 2.45) is 0 Å². The molecule has 0 aromatic heterocycles. The van der Waals surface area contributed by atoms with Gasteiger partial charge in [-0.3, -0.25) is 0 Å². The van der Waals surface area contributed by atoms with Crippen molar-refractivity contribution in [3.8, 4) is 0 Å². The molecule has 0 saturated carbocycles. The number of hydrogen-bond acceptors (Lipinski definition) is 8. The van der Waals surface area contributed by atoms with Gasteiger partial charge in [0.25, 0.3) is 0 Å². The summed E-state index contributed by atoms with van der Waals surface area (Å²) < 4.78 is 0. The number of hydrogen-bond donors (Lipinski definition) is 8. The van der Waals surface area contributed by atoms with Crippen molar-refractivity contribution in [1.29, 1.82) is 0 Å². The zero-order valence-electron chi connectivity index (χ0n) is 5.08. The minimum atomic E-state index is -4.61. The van der Waals surface area contributed by atoms with E-state index in [1.165, 1.54) is 0 Å². The first-order valence-electron chi connectivity index (χ1n) is 1.79. The fourth-order valence-electron chi connectivity index (χ4n) is 0. The molecular formula is H14Mg2O9Si2. The second kappa shape index (κ2) is 11.7. The summed E-state index contributed by atoms with van der Waals surface area (Å²) in [4.78, 5) is 58.6.